The van der Waals surface area contributed by atoms with Crippen molar-refractivity contribution in [2.75, 3.05) is 23.3 Å². The molecule has 0 radical (unpaired) electrons. The lowest BCUT2D eigenvalue weighted by molar-refractivity contribution is -0.266. The second-order valence-electron chi connectivity index (χ2n) is 11.4. The summed E-state index contributed by atoms with van der Waals surface area (Å²) >= 11 is 0. The van der Waals surface area contributed by atoms with Gasteiger partial charge in [-0.25, -0.2) is 4.98 Å². The van der Waals surface area contributed by atoms with Gasteiger partial charge < -0.3 is 25.0 Å². The van der Waals surface area contributed by atoms with Crippen molar-refractivity contribution in [1.29, 1.82) is 0 Å². The highest BCUT2D eigenvalue weighted by Crippen LogP contribution is 2.41. The molecule has 2 atom stereocenters. The molecule has 3 aromatic rings. The van der Waals surface area contributed by atoms with Crippen molar-refractivity contribution < 1.29 is 14.7 Å². The van der Waals surface area contributed by atoms with E-state index in [1.54, 1.807) is 17.8 Å². The summed E-state index contributed by atoms with van der Waals surface area (Å²) in [6.07, 6.45) is 5.12. The summed E-state index contributed by atoms with van der Waals surface area (Å²) in [6, 6.07) is 10.1. The minimum atomic E-state index is -1.17. The number of carbonyl (C=O) groups is 2. The van der Waals surface area contributed by atoms with Crippen molar-refractivity contribution in [3.05, 3.63) is 60.0 Å². The third kappa shape index (κ3) is 6.33. The molecule has 2 aromatic heterocycles. The van der Waals surface area contributed by atoms with Crippen LogP contribution in [-0.4, -0.2) is 50.8 Å². The lowest BCUT2D eigenvalue weighted by Crippen LogP contribution is -2.46. The number of aromatic nitrogens is 3. The van der Waals surface area contributed by atoms with Gasteiger partial charge in [-0.3, -0.25) is 9.48 Å². The molecule has 1 aliphatic rings. The molecule has 3 heterocycles. The minimum Gasteiger partial charge on any atom is -0.530 e. The number of carboxylic acid groups (broad SMARTS) is 1. The van der Waals surface area contributed by atoms with Crippen LogP contribution >= 0.6 is 0 Å². The van der Waals surface area contributed by atoms with Crippen LogP contribution in [0, 0.1) is 12.3 Å². The van der Waals surface area contributed by atoms with Gasteiger partial charge in [-0.2, -0.15) is 5.10 Å². The summed E-state index contributed by atoms with van der Waals surface area (Å²) in [5.41, 5.74) is 4.74. The Morgan fingerprint density at radius 1 is 1.16 bits per heavy atom. The number of carbonyl (C=O) groups excluding carboxylic acids is 2. The number of hydrogen-bond acceptors (Lipinski definition) is 6. The first-order chi connectivity index (χ1) is 17.9. The van der Waals surface area contributed by atoms with Crippen LogP contribution in [0.3, 0.4) is 0 Å². The van der Waals surface area contributed by atoms with Gasteiger partial charge in [0.25, 0.3) is 0 Å². The quantitative estimate of drug-likeness (QED) is 0.502. The van der Waals surface area contributed by atoms with Gasteiger partial charge >= 0.3 is 0 Å². The molecular weight excluding hydrogens is 480 g/mol. The van der Waals surface area contributed by atoms with Crippen LogP contribution in [0.2, 0.25) is 0 Å². The lowest BCUT2D eigenvalue weighted by atomic mass is 9.89. The molecule has 202 valence electrons. The number of pyridine rings is 1. The summed E-state index contributed by atoms with van der Waals surface area (Å²) in [7, 11) is 0. The summed E-state index contributed by atoms with van der Waals surface area (Å²) < 4.78 is 1.75. The summed E-state index contributed by atoms with van der Waals surface area (Å²) in [5.74, 6) is 0.806. The van der Waals surface area contributed by atoms with Gasteiger partial charge in [0.2, 0.25) is 5.91 Å². The van der Waals surface area contributed by atoms with E-state index in [0.29, 0.717) is 19.6 Å². The molecule has 9 nitrogen and oxygen atoms in total. The van der Waals surface area contributed by atoms with Crippen LogP contribution in [0.25, 0.3) is 11.1 Å². The van der Waals surface area contributed by atoms with E-state index in [0.717, 1.165) is 40.2 Å². The van der Waals surface area contributed by atoms with Gasteiger partial charge in [-0.1, -0.05) is 32.9 Å². The molecule has 9 heteroatoms. The number of nitrogens with zero attached hydrogens (tertiary/aromatic N) is 5. The van der Waals surface area contributed by atoms with E-state index in [1.807, 2.05) is 69.3 Å². The molecule has 0 saturated carbocycles. The van der Waals surface area contributed by atoms with Crippen molar-refractivity contribution in [2.45, 2.75) is 66.6 Å². The fourth-order valence-electron chi connectivity index (χ4n) is 5.06. The second kappa shape index (κ2) is 10.8. The van der Waals surface area contributed by atoms with Crippen LogP contribution in [0.15, 0.2) is 48.9 Å². The zero-order valence-corrected chi connectivity index (χ0v) is 23.1. The van der Waals surface area contributed by atoms with Crippen LogP contribution in [0.1, 0.15) is 58.2 Å². The van der Waals surface area contributed by atoms with Crippen molar-refractivity contribution in [3.8, 4) is 11.1 Å². The lowest BCUT2D eigenvalue weighted by Gasteiger charge is -2.39. The zero-order valence-electron chi connectivity index (χ0n) is 23.1. The van der Waals surface area contributed by atoms with E-state index in [-0.39, 0.29) is 23.4 Å². The van der Waals surface area contributed by atoms with Gasteiger partial charge in [0.15, 0.2) is 0 Å². The topological polar surface area (TPSA) is 106 Å². The molecule has 0 bridgehead atoms. The Morgan fingerprint density at radius 3 is 2.55 bits per heavy atom. The second-order valence-corrected chi connectivity index (χ2v) is 11.4. The van der Waals surface area contributed by atoms with Gasteiger partial charge in [0.05, 0.1) is 18.8 Å². The van der Waals surface area contributed by atoms with Crippen molar-refractivity contribution in [2.24, 2.45) is 5.41 Å². The molecule has 38 heavy (non-hydrogen) atoms. The molecule has 1 aromatic carbocycles. The summed E-state index contributed by atoms with van der Waals surface area (Å²) in [5, 5.41) is 19.6. The Hall–Kier alpha value is -3.88. The highest BCUT2D eigenvalue weighted by molar-refractivity contribution is 5.94. The third-order valence-electron chi connectivity index (χ3n) is 6.74. The first kappa shape index (κ1) is 27.2. The van der Waals surface area contributed by atoms with Gasteiger partial charge in [0.1, 0.15) is 11.9 Å². The van der Waals surface area contributed by atoms with Crippen LogP contribution < -0.4 is 15.3 Å². The number of amides is 2. The molecule has 0 saturated heterocycles. The number of nitrogens with one attached hydrogen (secondary N) is 1. The Bertz CT molecular complexity index is 1290. The third-order valence-corrected chi connectivity index (χ3v) is 6.74. The maximum Gasteiger partial charge on any atom is 0.224 e. The molecule has 1 N–H and O–H groups in total. The average molecular weight is 518 g/mol. The van der Waals surface area contributed by atoms with Crippen LogP contribution in [0.5, 0.6) is 0 Å². The van der Waals surface area contributed by atoms with Gasteiger partial charge in [0, 0.05) is 49.7 Å². The van der Waals surface area contributed by atoms with Crippen molar-refractivity contribution in [1.82, 2.24) is 19.7 Å². The number of rotatable bonds is 7. The molecule has 0 unspecified atom stereocenters. The molecule has 2 amide bonds. The fourth-order valence-corrected chi connectivity index (χ4v) is 5.06. The molecule has 0 fully saturated rings. The van der Waals surface area contributed by atoms with Crippen molar-refractivity contribution in [3.63, 3.8) is 0 Å². The molecule has 1 aliphatic heterocycles. The van der Waals surface area contributed by atoms with Crippen LogP contribution in [0.4, 0.5) is 16.3 Å². The smallest absolute Gasteiger partial charge is 0.224 e. The van der Waals surface area contributed by atoms with Gasteiger partial charge in [-0.15, -0.1) is 0 Å². The minimum absolute atomic E-state index is 0.0129. The number of aryl methyl sites for hydroxylation is 1. The average Bonchev–Trinajstić information content (AvgIpc) is 3.31. The number of benzene rings is 1. The van der Waals surface area contributed by atoms with E-state index < -0.39 is 6.09 Å². The first-order valence-corrected chi connectivity index (χ1v) is 13.0. The van der Waals surface area contributed by atoms with Crippen molar-refractivity contribution >= 4 is 23.5 Å². The zero-order chi connectivity index (χ0) is 27.6. The molecule has 0 aliphatic carbocycles. The van der Waals surface area contributed by atoms with E-state index in [2.05, 4.69) is 28.4 Å². The van der Waals surface area contributed by atoms with E-state index >= 15 is 0 Å². The normalized spacial score (nSPS) is 17.2. The number of fused-ring (bicyclic) bond motifs is 1. The molecule has 0 spiro atoms. The predicted octanol–water partition coefficient (Wildman–Crippen LogP) is 4.24. The Kier molecular flexibility index (Phi) is 7.76. The maximum atomic E-state index is 12.5. The Balaban J connectivity index is 1.59. The Morgan fingerprint density at radius 2 is 1.92 bits per heavy atom. The standard InChI is InChI=1S/C29H38N6O3/c1-19-7-10-27(30-15-19)32-25-13-20(2)35(21(3)36)26-9-8-22(14-24(25)26)23-16-31-34(17-23)12-11-33(28(37)38)18-29(4,5)6/h7-10,14-17,20,25H,11-13,18H2,1-6H3,(H,30,32)(H,37,38)/p-1/t20-,25+/m0/s1. The van der Waals surface area contributed by atoms with Gasteiger partial charge in [-0.05, 0) is 60.6 Å². The number of anilines is 2. The SMILES string of the molecule is CC(=O)N1c2ccc(-c3cnn(CCN(CC(C)(C)C)C(=O)[O-])c3)cc2[C@H](Nc2ccc(C)cn2)C[C@@H]1C. The summed E-state index contributed by atoms with van der Waals surface area (Å²) in [4.78, 5) is 31.8. The van der Waals surface area contributed by atoms with E-state index in [1.165, 1.54) is 4.90 Å². The molecular formula is C29H37N6O3-. The maximum absolute atomic E-state index is 12.5. The number of hydrogen-bond donors (Lipinski definition) is 1. The fraction of sp³-hybridized carbons (Fsp3) is 0.448. The highest BCUT2D eigenvalue weighted by atomic mass is 16.4. The first-order valence-electron chi connectivity index (χ1n) is 13.0. The molecule has 4 rings (SSSR count). The van der Waals surface area contributed by atoms with Crippen LogP contribution in [-0.2, 0) is 11.3 Å². The monoisotopic (exact) mass is 517 g/mol. The van der Waals surface area contributed by atoms with E-state index in [4.69, 9.17) is 0 Å². The predicted molar refractivity (Wildman–Crippen MR) is 147 cm³/mol. The largest absolute Gasteiger partial charge is 0.530 e. The Labute approximate surface area is 224 Å². The van der Waals surface area contributed by atoms with E-state index in [9.17, 15) is 14.7 Å². The highest BCUT2D eigenvalue weighted by Gasteiger charge is 2.33. The summed E-state index contributed by atoms with van der Waals surface area (Å²) in [6.45, 7) is 12.8.